The van der Waals surface area contributed by atoms with Gasteiger partial charge in [-0.15, -0.1) is 0 Å². The molecule has 0 spiro atoms. The number of rotatable bonds is 9. The summed E-state index contributed by atoms with van der Waals surface area (Å²) in [6.07, 6.45) is 2.82. The lowest BCUT2D eigenvalue weighted by molar-refractivity contribution is -0.148. The zero-order valence-electron chi connectivity index (χ0n) is 16.8. The number of hydrazone groups is 1. The van der Waals surface area contributed by atoms with Crippen LogP contribution in [-0.2, 0) is 9.53 Å². The maximum absolute atomic E-state index is 11.5. The predicted octanol–water partition coefficient (Wildman–Crippen LogP) is 4.96. The van der Waals surface area contributed by atoms with Crippen LogP contribution in [-0.4, -0.2) is 55.9 Å². The Morgan fingerprint density at radius 3 is 2.57 bits per heavy atom. The molecule has 2 rings (SSSR count). The van der Waals surface area contributed by atoms with E-state index in [-0.39, 0.29) is 6.79 Å². The standard InChI is InChI=1S/C19H28Cl2N2O4Si/c1-19(18(24)25)6-5-7-23(19)22-12-15-16(20)10-14(11-17(15)21)27-13-26-8-9-28(2,3)4/h10-12H,5-9,13H2,1-4H3,(H,24,25)/b22-12+/t19-/m1/s1. The SMILES string of the molecule is C[C@]1(C(=O)O)CCCN1/N=C/c1c(Cl)cc(OCOCC[Si](C)(C)C)cc1Cl. The summed E-state index contributed by atoms with van der Waals surface area (Å²) in [6, 6.07) is 4.37. The van der Waals surface area contributed by atoms with Gasteiger partial charge in [0.05, 0.1) is 16.3 Å². The summed E-state index contributed by atoms with van der Waals surface area (Å²) < 4.78 is 11.1. The zero-order chi connectivity index (χ0) is 20.9. The Bertz CT molecular complexity index is 716. The molecule has 1 heterocycles. The van der Waals surface area contributed by atoms with E-state index in [0.717, 1.165) is 12.5 Å². The number of hydrogen-bond acceptors (Lipinski definition) is 5. The minimum absolute atomic E-state index is 0.134. The Balaban J connectivity index is 1.99. The Morgan fingerprint density at radius 1 is 1.36 bits per heavy atom. The second kappa shape index (κ2) is 9.48. The second-order valence-corrected chi connectivity index (χ2v) is 14.8. The summed E-state index contributed by atoms with van der Waals surface area (Å²) in [5.74, 6) is -0.381. The topological polar surface area (TPSA) is 71.4 Å². The highest BCUT2D eigenvalue weighted by Crippen LogP contribution is 2.32. The summed E-state index contributed by atoms with van der Waals surface area (Å²) in [5.41, 5.74) is -0.485. The van der Waals surface area contributed by atoms with Crippen molar-refractivity contribution in [2.24, 2.45) is 5.10 Å². The summed E-state index contributed by atoms with van der Waals surface area (Å²) in [5, 5.41) is 16.1. The average molecular weight is 447 g/mol. The Kier molecular flexibility index (Phi) is 7.78. The molecule has 1 fully saturated rings. The van der Waals surface area contributed by atoms with Crippen molar-refractivity contribution in [2.75, 3.05) is 19.9 Å². The quantitative estimate of drug-likeness (QED) is 0.251. The van der Waals surface area contributed by atoms with Crippen LogP contribution in [0.5, 0.6) is 5.75 Å². The lowest BCUT2D eigenvalue weighted by Gasteiger charge is -2.28. The van der Waals surface area contributed by atoms with Crippen molar-refractivity contribution in [3.63, 3.8) is 0 Å². The first-order valence-electron chi connectivity index (χ1n) is 9.27. The highest BCUT2D eigenvalue weighted by atomic mass is 35.5. The predicted molar refractivity (Wildman–Crippen MR) is 116 cm³/mol. The van der Waals surface area contributed by atoms with Crippen LogP contribution in [0.1, 0.15) is 25.3 Å². The van der Waals surface area contributed by atoms with Crippen LogP contribution in [0, 0.1) is 0 Å². The normalized spacial score (nSPS) is 20.1. The molecular weight excluding hydrogens is 419 g/mol. The number of benzene rings is 1. The van der Waals surface area contributed by atoms with E-state index in [2.05, 4.69) is 24.7 Å². The largest absolute Gasteiger partial charge is 0.479 e. The molecule has 1 N–H and O–H groups in total. The van der Waals surface area contributed by atoms with E-state index in [1.165, 1.54) is 6.21 Å². The molecule has 0 aromatic heterocycles. The number of carbonyl (C=O) groups is 1. The van der Waals surface area contributed by atoms with E-state index >= 15 is 0 Å². The van der Waals surface area contributed by atoms with Gasteiger partial charge in [-0.1, -0.05) is 42.8 Å². The van der Waals surface area contributed by atoms with Gasteiger partial charge in [-0.3, -0.25) is 5.01 Å². The summed E-state index contributed by atoms with van der Waals surface area (Å²) in [6.45, 7) is 9.91. The number of nitrogens with zero attached hydrogens (tertiary/aromatic N) is 2. The third-order valence-electron chi connectivity index (χ3n) is 4.75. The molecule has 0 saturated carbocycles. The molecule has 0 unspecified atom stereocenters. The van der Waals surface area contributed by atoms with Crippen molar-refractivity contribution >= 4 is 43.5 Å². The van der Waals surface area contributed by atoms with E-state index in [1.54, 1.807) is 24.1 Å². The van der Waals surface area contributed by atoms with E-state index in [4.69, 9.17) is 32.7 Å². The molecule has 1 saturated heterocycles. The highest BCUT2D eigenvalue weighted by molar-refractivity contribution is 6.76. The lowest BCUT2D eigenvalue weighted by atomic mass is 10.0. The molecule has 0 amide bonds. The molecule has 28 heavy (non-hydrogen) atoms. The highest BCUT2D eigenvalue weighted by Gasteiger charge is 2.43. The minimum Gasteiger partial charge on any atom is -0.479 e. The molecule has 1 aromatic rings. The van der Waals surface area contributed by atoms with Crippen LogP contribution in [0.4, 0.5) is 0 Å². The lowest BCUT2D eigenvalue weighted by Crippen LogP contribution is -2.45. The van der Waals surface area contributed by atoms with E-state index in [0.29, 0.717) is 40.9 Å². The van der Waals surface area contributed by atoms with Gasteiger partial charge in [0.1, 0.15) is 5.75 Å². The van der Waals surface area contributed by atoms with Crippen LogP contribution in [0.25, 0.3) is 0 Å². The van der Waals surface area contributed by atoms with E-state index in [9.17, 15) is 9.90 Å². The van der Waals surface area contributed by atoms with E-state index < -0.39 is 19.6 Å². The molecule has 0 bridgehead atoms. The van der Waals surface area contributed by atoms with Gasteiger partial charge in [0, 0.05) is 26.8 Å². The Hall–Kier alpha value is -1.28. The van der Waals surface area contributed by atoms with Gasteiger partial charge < -0.3 is 14.6 Å². The van der Waals surface area contributed by atoms with Crippen molar-refractivity contribution in [3.05, 3.63) is 27.7 Å². The fourth-order valence-electron chi connectivity index (χ4n) is 2.79. The molecule has 1 atom stereocenters. The van der Waals surface area contributed by atoms with Gasteiger partial charge in [-0.2, -0.15) is 5.10 Å². The number of carboxylic acids is 1. The molecule has 1 aromatic carbocycles. The van der Waals surface area contributed by atoms with Crippen LogP contribution in [0.3, 0.4) is 0 Å². The van der Waals surface area contributed by atoms with Gasteiger partial charge >= 0.3 is 5.97 Å². The maximum atomic E-state index is 11.5. The molecule has 1 aliphatic rings. The molecule has 0 radical (unpaired) electrons. The third-order valence-corrected chi connectivity index (χ3v) is 7.08. The summed E-state index contributed by atoms with van der Waals surface area (Å²) in [7, 11) is -1.13. The smallest absolute Gasteiger partial charge is 0.330 e. The second-order valence-electron chi connectivity index (χ2n) is 8.33. The van der Waals surface area contributed by atoms with Gasteiger partial charge in [0.25, 0.3) is 0 Å². The first-order chi connectivity index (χ1) is 13.0. The van der Waals surface area contributed by atoms with Crippen molar-refractivity contribution < 1.29 is 19.4 Å². The molecule has 156 valence electrons. The van der Waals surface area contributed by atoms with E-state index in [1.807, 2.05) is 0 Å². The van der Waals surface area contributed by atoms with Crippen molar-refractivity contribution in [1.82, 2.24) is 5.01 Å². The maximum Gasteiger partial charge on any atom is 0.330 e. The van der Waals surface area contributed by atoms with Gasteiger partial charge in [0.15, 0.2) is 12.3 Å². The number of halogens is 2. The van der Waals surface area contributed by atoms with Gasteiger partial charge in [0.2, 0.25) is 0 Å². The van der Waals surface area contributed by atoms with Gasteiger partial charge in [-0.05, 0) is 37.9 Å². The Morgan fingerprint density at radius 2 is 2.00 bits per heavy atom. The molecule has 9 heteroatoms. The number of hydrogen-bond donors (Lipinski definition) is 1. The summed E-state index contributed by atoms with van der Waals surface area (Å²) >= 11 is 12.7. The number of ether oxygens (including phenoxy) is 2. The van der Waals surface area contributed by atoms with Crippen LogP contribution < -0.4 is 4.74 Å². The average Bonchev–Trinajstić information content (AvgIpc) is 2.95. The first-order valence-corrected chi connectivity index (χ1v) is 13.7. The van der Waals surface area contributed by atoms with Crippen molar-refractivity contribution in [1.29, 1.82) is 0 Å². The Labute approximate surface area is 177 Å². The molecule has 6 nitrogen and oxygen atoms in total. The van der Waals surface area contributed by atoms with Crippen LogP contribution >= 0.6 is 23.2 Å². The van der Waals surface area contributed by atoms with Crippen LogP contribution in [0.2, 0.25) is 35.7 Å². The summed E-state index contributed by atoms with van der Waals surface area (Å²) in [4.78, 5) is 11.5. The molecule has 0 aliphatic carbocycles. The van der Waals surface area contributed by atoms with Gasteiger partial charge in [-0.25, -0.2) is 4.79 Å². The molecule has 1 aliphatic heterocycles. The first kappa shape index (κ1) is 23.0. The molecular formula is C19H28Cl2N2O4Si. The van der Waals surface area contributed by atoms with Crippen molar-refractivity contribution in [2.45, 2.75) is 51.0 Å². The third kappa shape index (κ3) is 6.11. The van der Waals surface area contributed by atoms with Crippen LogP contribution in [0.15, 0.2) is 17.2 Å². The number of carboxylic acid groups (broad SMARTS) is 1. The van der Waals surface area contributed by atoms with Crippen molar-refractivity contribution in [3.8, 4) is 5.75 Å². The fraction of sp³-hybridized carbons (Fsp3) is 0.579. The fourth-order valence-corrected chi connectivity index (χ4v) is 4.11. The minimum atomic E-state index is -1.13. The number of aliphatic carboxylic acids is 1. The monoisotopic (exact) mass is 446 g/mol. The zero-order valence-corrected chi connectivity index (χ0v) is 19.3.